The van der Waals surface area contributed by atoms with Gasteiger partial charge in [-0.3, -0.25) is 9.69 Å². The quantitative estimate of drug-likeness (QED) is 0.412. The second kappa shape index (κ2) is 10.1. The number of rotatable bonds is 7. The van der Waals surface area contributed by atoms with E-state index in [0.29, 0.717) is 0 Å². The van der Waals surface area contributed by atoms with Crippen LogP contribution < -0.4 is 4.74 Å². The topological polar surface area (TPSA) is 50.6 Å². The maximum Gasteiger partial charge on any atom is 0.242 e. The number of amides is 1. The fourth-order valence-corrected chi connectivity index (χ4v) is 4.56. The van der Waals surface area contributed by atoms with Crippen molar-refractivity contribution in [2.75, 3.05) is 26.2 Å². The molecule has 1 aliphatic heterocycles. The number of ether oxygens (including phenoxy) is 1. The van der Waals surface area contributed by atoms with Gasteiger partial charge in [0.2, 0.25) is 5.91 Å². The highest BCUT2D eigenvalue weighted by atomic mass is 16.5. The first-order chi connectivity index (χ1) is 16.7. The zero-order valence-electron chi connectivity index (χ0n) is 19.5. The standard InChI is InChI=1S/C28H30N4O2/c1-22(34-24-12-6-3-7-13-24)28-29-25-14-8-9-15-26(25)32(28)21-27(33)31-18-16-30(17-19-31)20-23-10-4-2-5-11-23/h2-15,22H,16-21H2,1H3. The number of para-hydroxylation sites is 3. The summed E-state index contributed by atoms with van der Waals surface area (Å²) < 4.78 is 8.17. The Labute approximate surface area is 200 Å². The summed E-state index contributed by atoms with van der Waals surface area (Å²) in [6.07, 6.45) is -0.287. The second-order valence-electron chi connectivity index (χ2n) is 8.76. The van der Waals surface area contributed by atoms with E-state index in [1.165, 1.54) is 5.56 Å². The smallest absolute Gasteiger partial charge is 0.242 e. The molecular weight excluding hydrogens is 424 g/mol. The number of nitrogens with zero attached hydrogens (tertiary/aromatic N) is 4. The Morgan fingerprint density at radius 2 is 1.53 bits per heavy atom. The van der Waals surface area contributed by atoms with E-state index >= 15 is 0 Å². The molecule has 6 nitrogen and oxygen atoms in total. The summed E-state index contributed by atoms with van der Waals surface area (Å²) in [6.45, 7) is 6.41. The van der Waals surface area contributed by atoms with Crippen molar-refractivity contribution in [2.45, 2.75) is 26.1 Å². The molecule has 1 aliphatic rings. The largest absolute Gasteiger partial charge is 0.483 e. The van der Waals surface area contributed by atoms with E-state index in [4.69, 9.17) is 9.72 Å². The fourth-order valence-electron chi connectivity index (χ4n) is 4.56. The summed E-state index contributed by atoms with van der Waals surface area (Å²) >= 11 is 0. The molecular formula is C28H30N4O2. The van der Waals surface area contributed by atoms with Crippen molar-refractivity contribution in [1.29, 1.82) is 0 Å². The van der Waals surface area contributed by atoms with Gasteiger partial charge < -0.3 is 14.2 Å². The number of piperazine rings is 1. The van der Waals surface area contributed by atoms with Gasteiger partial charge in [-0.25, -0.2) is 4.98 Å². The first-order valence-electron chi connectivity index (χ1n) is 11.9. The molecule has 4 aromatic rings. The van der Waals surface area contributed by atoms with Gasteiger partial charge in [-0.15, -0.1) is 0 Å². The summed E-state index contributed by atoms with van der Waals surface area (Å²) in [5.41, 5.74) is 3.14. The summed E-state index contributed by atoms with van der Waals surface area (Å²) in [6, 6.07) is 28.2. The average molecular weight is 455 g/mol. The first kappa shape index (κ1) is 22.2. The van der Waals surface area contributed by atoms with E-state index in [9.17, 15) is 4.79 Å². The van der Waals surface area contributed by atoms with Crippen molar-refractivity contribution in [2.24, 2.45) is 0 Å². The van der Waals surface area contributed by atoms with E-state index in [2.05, 4.69) is 29.2 Å². The summed E-state index contributed by atoms with van der Waals surface area (Å²) in [4.78, 5) is 22.5. The number of imidazole rings is 1. The molecule has 3 aromatic carbocycles. The highest BCUT2D eigenvalue weighted by Gasteiger charge is 2.25. The Balaban J connectivity index is 1.28. The maximum atomic E-state index is 13.3. The zero-order chi connectivity index (χ0) is 23.3. The normalized spacial score (nSPS) is 15.4. The Bertz CT molecular complexity index is 1230. The minimum Gasteiger partial charge on any atom is -0.483 e. The van der Waals surface area contributed by atoms with Crippen molar-refractivity contribution >= 4 is 16.9 Å². The number of hydrogen-bond donors (Lipinski definition) is 0. The maximum absolute atomic E-state index is 13.3. The molecule has 0 aliphatic carbocycles. The van der Waals surface area contributed by atoms with Crippen LogP contribution in [0.15, 0.2) is 84.9 Å². The summed E-state index contributed by atoms with van der Waals surface area (Å²) in [5, 5.41) is 0. The van der Waals surface area contributed by atoms with Gasteiger partial charge >= 0.3 is 0 Å². The lowest BCUT2D eigenvalue weighted by Crippen LogP contribution is -2.49. The minimum atomic E-state index is -0.287. The lowest BCUT2D eigenvalue weighted by molar-refractivity contribution is -0.133. The van der Waals surface area contributed by atoms with E-state index in [1.807, 2.05) is 77.1 Å². The van der Waals surface area contributed by atoms with Gasteiger partial charge in [0.1, 0.15) is 12.3 Å². The second-order valence-corrected chi connectivity index (χ2v) is 8.76. The van der Waals surface area contributed by atoms with Crippen LogP contribution in [0.3, 0.4) is 0 Å². The van der Waals surface area contributed by atoms with Crippen molar-refractivity contribution in [1.82, 2.24) is 19.4 Å². The number of carbonyl (C=O) groups is 1. The van der Waals surface area contributed by atoms with Gasteiger partial charge in [-0.2, -0.15) is 0 Å². The number of aromatic nitrogens is 2. The molecule has 1 amide bonds. The Hall–Kier alpha value is -3.64. The monoisotopic (exact) mass is 454 g/mol. The molecule has 174 valence electrons. The van der Waals surface area contributed by atoms with E-state index in [-0.39, 0.29) is 18.6 Å². The molecule has 1 aromatic heterocycles. The van der Waals surface area contributed by atoms with Gasteiger partial charge in [0.15, 0.2) is 11.9 Å². The predicted octanol–water partition coefficient (Wildman–Crippen LogP) is 4.52. The average Bonchev–Trinajstić information content (AvgIpc) is 3.24. The minimum absolute atomic E-state index is 0.121. The molecule has 0 radical (unpaired) electrons. The zero-order valence-corrected chi connectivity index (χ0v) is 19.5. The fraction of sp³-hybridized carbons (Fsp3) is 0.286. The Morgan fingerprint density at radius 1 is 0.882 bits per heavy atom. The highest BCUT2D eigenvalue weighted by Crippen LogP contribution is 2.25. The molecule has 0 bridgehead atoms. The van der Waals surface area contributed by atoms with Crippen LogP contribution in [0.1, 0.15) is 24.4 Å². The highest BCUT2D eigenvalue weighted by molar-refractivity contribution is 5.81. The van der Waals surface area contributed by atoms with Crippen LogP contribution in [0.25, 0.3) is 11.0 Å². The third kappa shape index (κ3) is 4.97. The molecule has 0 saturated carbocycles. The van der Waals surface area contributed by atoms with E-state index in [1.54, 1.807) is 0 Å². The SMILES string of the molecule is CC(Oc1ccccc1)c1nc2ccccc2n1CC(=O)N1CCN(Cc2ccccc2)CC1. The summed E-state index contributed by atoms with van der Waals surface area (Å²) in [5.74, 6) is 1.67. The van der Waals surface area contributed by atoms with Crippen LogP contribution in [0, 0.1) is 0 Å². The van der Waals surface area contributed by atoms with Crippen LogP contribution in [0.2, 0.25) is 0 Å². The van der Waals surface area contributed by atoms with E-state index < -0.39 is 0 Å². The molecule has 1 saturated heterocycles. The molecule has 1 atom stereocenters. The molecule has 1 fully saturated rings. The van der Waals surface area contributed by atoms with E-state index in [0.717, 1.165) is 55.3 Å². The third-order valence-corrected chi connectivity index (χ3v) is 6.37. The molecule has 6 heteroatoms. The van der Waals surface area contributed by atoms with Gasteiger partial charge in [0, 0.05) is 32.7 Å². The number of benzene rings is 3. The first-order valence-corrected chi connectivity index (χ1v) is 11.9. The van der Waals surface area contributed by atoms with Crippen LogP contribution in [-0.2, 0) is 17.9 Å². The molecule has 2 heterocycles. The van der Waals surface area contributed by atoms with Gasteiger partial charge in [0.05, 0.1) is 11.0 Å². The molecule has 34 heavy (non-hydrogen) atoms. The number of fused-ring (bicyclic) bond motifs is 1. The van der Waals surface area contributed by atoms with Crippen LogP contribution >= 0.6 is 0 Å². The predicted molar refractivity (Wildman–Crippen MR) is 134 cm³/mol. The molecule has 5 rings (SSSR count). The van der Waals surface area contributed by atoms with Gasteiger partial charge in [0.25, 0.3) is 0 Å². The Kier molecular flexibility index (Phi) is 6.58. The molecule has 0 N–H and O–H groups in total. The molecule has 0 spiro atoms. The summed E-state index contributed by atoms with van der Waals surface area (Å²) in [7, 11) is 0. The van der Waals surface area contributed by atoms with Crippen LogP contribution in [0.5, 0.6) is 5.75 Å². The van der Waals surface area contributed by atoms with Crippen molar-refractivity contribution < 1.29 is 9.53 Å². The lowest BCUT2D eigenvalue weighted by Gasteiger charge is -2.35. The molecule has 1 unspecified atom stereocenters. The number of carbonyl (C=O) groups excluding carboxylic acids is 1. The van der Waals surface area contributed by atoms with Crippen LogP contribution in [-0.4, -0.2) is 51.4 Å². The van der Waals surface area contributed by atoms with Gasteiger partial charge in [-0.1, -0.05) is 60.7 Å². The number of hydrogen-bond acceptors (Lipinski definition) is 4. The van der Waals surface area contributed by atoms with Crippen molar-refractivity contribution in [3.8, 4) is 5.75 Å². The lowest BCUT2D eigenvalue weighted by atomic mass is 10.2. The van der Waals surface area contributed by atoms with Crippen molar-refractivity contribution in [3.05, 3.63) is 96.3 Å². The van der Waals surface area contributed by atoms with Crippen LogP contribution in [0.4, 0.5) is 0 Å². The third-order valence-electron chi connectivity index (χ3n) is 6.37. The Morgan fingerprint density at radius 3 is 2.26 bits per heavy atom. The van der Waals surface area contributed by atoms with Crippen molar-refractivity contribution in [3.63, 3.8) is 0 Å². The van der Waals surface area contributed by atoms with Gasteiger partial charge in [-0.05, 0) is 36.8 Å².